The lowest BCUT2D eigenvalue weighted by Crippen LogP contribution is -2.46. The minimum absolute atomic E-state index is 0.0798. The molecule has 0 spiro atoms. The summed E-state index contributed by atoms with van der Waals surface area (Å²) < 4.78 is 0. The highest BCUT2D eigenvalue weighted by atomic mass is 16.1. The zero-order valence-electron chi connectivity index (χ0n) is 21.0. The Kier molecular flexibility index (Phi) is 7.69. The van der Waals surface area contributed by atoms with E-state index < -0.39 is 0 Å². The molecule has 178 valence electrons. The number of rotatable bonds is 7. The van der Waals surface area contributed by atoms with E-state index in [9.17, 15) is 4.79 Å². The fraction of sp³-hybridized carbons (Fsp3) is 0.367. The third-order valence-corrected chi connectivity index (χ3v) is 6.71. The number of carbonyl (C=O) groups is 1. The molecule has 34 heavy (non-hydrogen) atoms. The van der Waals surface area contributed by atoms with Gasteiger partial charge in [0.1, 0.15) is 0 Å². The van der Waals surface area contributed by atoms with Crippen molar-refractivity contribution in [1.29, 1.82) is 0 Å². The van der Waals surface area contributed by atoms with E-state index in [0.717, 1.165) is 48.6 Å². The summed E-state index contributed by atoms with van der Waals surface area (Å²) in [5.41, 5.74) is 7.21. The first-order valence-corrected chi connectivity index (χ1v) is 12.5. The van der Waals surface area contributed by atoms with Gasteiger partial charge < -0.3 is 10.2 Å². The van der Waals surface area contributed by atoms with Gasteiger partial charge in [0.15, 0.2) is 0 Å². The van der Waals surface area contributed by atoms with Gasteiger partial charge in [0.05, 0.1) is 0 Å². The molecule has 0 bridgehead atoms. The van der Waals surface area contributed by atoms with E-state index in [1.54, 1.807) is 0 Å². The maximum atomic E-state index is 13.3. The van der Waals surface area contributed by atoms with Crippen molar-refractivity contribution in [3.63, 3.8) is 0 Å². The largest absolute Gasteiger partial charge is 0.369 e. The van der Waals surface area contributed by atoms with Crippen LogP contribution < -0.4 is 10.2 Å². The summed E-state index contributed by atoms with van der Waals surface area (Å²) in [6.07, 6.45) is 1.21. The standard InChI is InChI=1S/C30H37N3O/c1-5-16-32-17-19-33(20-18-32)27-13-11-26(12-14-27)31-30(34)28-15-6-23(4)21-29(28)25-9-7-24(8-10-25)22(2)3/h6-15,21-22H,5,16-20H2,1-4H3,(H,31,34). The number of benzene rings is 3. The van der Waals surface area contributed by atoms with E-state index >= 15 is 0 Å². The number of nitrogens with one attached hydrogen (secondary N) is 1. The molecule has 1 amide bonds. The van der Waals surface area contributed by atoms with E-state index in [4.69, 9.17) is 0 Å². The first kappa shape index (κ1) is 24.0. The van der Waals surface area contributed by atoms with Crippen molar-refractivity contribution in [3.05, 3.63) is 83.4 Å². The highest BCUT2D eigenvalue weighted by Gasteiger charge is 2.17. The van der Waals surface area contributed by atoms with Crippen LogP contribution in [0.2, 0.25) is 0 Å². The lowest BCUT2D eigenvalue weighted by molar-refractivity contribution is 0.102. The Labute approximate surface area is 204 Å². The van der Waals surface area contributed by atoms with Gasteiger partial charge in [-0.05, 0) is 72.8 Å². The van der Waals surface area contributed by atoms with E-state index in [1.807, 2.05) is 24.3 Å². The minimum Gasteiger partial charge on any atom is -0.369 e. The molecule has 1 aliphatic rings. The maximum Gasteiger partial charge on any atom is 0.256 e. The highest BCUT2D eigenvalue weighted by molar-refractivity contribution is 6.08. The minimum atomic E-state index is -0.0798. The summed E-state index contributed by atoms with van der Waals surface area (Å²) in [7, 11) is 0. The van der Waals surface area contributed by atoms with Crippen LogP contribution >= 0.6 is 0 Å². The Morgan fingerprint density at radius 3 is 2.21 bits per heavy atom. The molecule has 4 rings (SSSR count). The summed E-state index contributed by atoms with van der Waals surface area (Å²) in [5.74, 6) is 0.404. The molecule has 0 saturated carbocycles. The predicted octanol–water partition coefficient (Wildman–Crippen LogP) is 6.57. The van der Waals surface area contributed by atoms with Crippen molar-refractivity contribution in [2.45, 2.75) is 40.0 Å². The van der Waals surface area contributed by atoms with E-state index in [-0.39, 0.29) is 5.91 Å². The fourth-order valence-electron chi connectivity index (χ4n) is 4.64. The van der Waals surface area contributed by atoms with Crippen LogP contribution in [0.1, 0.15) is 54.6 Å². The molecule has 3 aromatic carbocycles. The van der Waals surface area contributed by atoms with Crippen LogP contribution in [0.25, 0.3) is 11.1 Å². The van der Waals surface area contributed by atoms with Crippen LogP contribution in [0, 0.1) is 6.92 Å². The molecular formula is C30H37N3O. The van der Waals surface area contributed by atoms with Crippen molar-refractivity contribution >= 4 is 17.3 Å². The van der Waals surface area contributed by atoms with Gasteiger partial charge in [0.2, 0.25) is 0 Å². The normalized spacial score (nSPS) is 14.4. The molecule has 1 aliphatic heterocycles. The van der Waals surface area contributed by atoms with Gasteiger partial charge >= 0.3 is 0 Å². The van der Waals surface area contributed by atoms with Gasteiger partial charge in [-0.25, -0.2) is 0 Å². The number of anilines is 2. The van der Waals surface area contributed by atoms with Gasteiger partial charge in [-0.1, -0.05) is 62.7 Å². The molecule has 0 radical (unpaired) electrons. The monoisotopic (exact) mass is 455 g/mol. The topological polar surface area (TPSA) is 35.6 Å². The number of hydrogen-bond acceptors (Lipinski definition) is 3. The molecule has 0 atom stereocenters. The summed E-state index contributed by atoms with van der Waals surface area (Å²) in [6.45, 7) is 14.2. The van der Waals surface area contributed by atoms with Crippen molar-refractivity contribution in [1.82, 2.24) is 4.90 Å². The van der Waals surface area contributed by atoms with Crippen LogP contribution in [0.3, 0.4) is 0 Å². The third-order valence-electron chi connectivity index (χ3n) is 6.71. The van der Waals surface area contributed by atoms with Crippen molar-refractivity contribution in [2.24, 2.45) is 0 Å². The summed E-state index contributed by atoms with van der Waals surface area (Å²) in [5, 5.41) is 3.11. The molecule has 1 fully saturated rings. The number of aryl methyl sites for hydroxylation is 1. The van der Waals surface area contributed by atoms with Gasteiger partial charge in [-0.15, -0.1) is 0 Å². The third kappa shape index (κ3) is 5.68. The zero-order valence-corrected chi connectivity index (χ0v) is 21.0. The molecule has 1 N–H and O–H groups in total. The predicted molar refractivity (Wildman–Crippen MR) is 144 cm³/mol. The number of amides is 1. The Hall–Kier alpha value is -3.11. The molecule has 4 nitrogen and oxygen atoms in total. The van der Waals surface area contributed by atoms with Crippen molar-refractivity contribution in [3.8, 4) is 11.1 Å². The van der Waals surface area contributed by atoms with E-state index in [0.29, 0.717) is 11.5 Å². The van der Waals surface area contributed by atoms with Crippen LogP contribution in [0.15, 0.2) is 66.7 Å². The average Bonchev–Trinajstić information content (AvgIpc) is 2.85. The number of hydrogen-bond donors (Lipinski definition) is 1. The lowest BCUT2D eigenvalue weighted by Gasteiger charge is -2.36. The second-order valence-corrected chi connectivity index (χ2v) is 9.66. The molecule has 1 heterocycles. The average molecular weight is 456 g/mol. The Bertz CT molecular complexity index is 1090. The Morgan fingerprint density at radius 2 is 1.59 bits per heavy atom. The Morgan fingerprint density at radius 1 is 0.912 bits per heavy atom. The summed E-state index contributed by atoms with van der Waals surface area (Å²) >= 11 is 0. The van der Waals surface area contributed by atoms with Crippen molar-refractivity contribution in [2.75, 3.05) is 42.9 Å². The molecule has 4 heteroatoms. The van der Waals surface area contributed by atoms with E-state index in [2.05, 4.69) is 85.3 Å². The number of piperazine rings is 1. The van der Waals surface area contributed by atoms with Crippen LogP contribution in [0.5, 0.6) is 0 Å². The fourth-order valence-corrected chi connectivity index (χ4v) is 4.64. The second-order valence-electron chi connectivity index (χ2n) is 9.66. The first-order valence-electron chi connectivity index (χ1n) is 12.5. The lowest BCUT2D eigenvalue weighted by atomic mass is 9.94. The second kappa shape index (κ2) is 10.9. The summed E-state index contributed by atoms with van der Waals surface area (Å²) in [4.78, 5) is 18.2. The highest BCUT2D eigenvalue weighted by Crippen LogP contribution is 2.28. The van der Waals surface area contributed by atoms with Crippen LogP contribution in [-0.2, 0) is 0 Å². The zero-order chi connectivity index (χ0) is 24.1. The molecular weight excluding hydrogens is 418 g/mol. The van der Waals surface area contributed by atoms with E-state index in [1.165, 1.54) is 24.2 Å². The number of carbonyl (C=O) groups excluding carboxylic acids is 1. The Balaban J connectivity index is 1.47. The SMILES string of the molecule is CCCN1CCN(c2ccc(NC(=O)c3ccc(C)cc3-c3ccc(C(C)C)cc3)cc2)CC1. The molecule has 0 unspecified atom stereocenters. The van der Waals surface area contributed by atoms with Gasteiger partial charge in [-0.2, -0.15) is 0 Å². The molecule has 1 saturated heterocycles. The van der Waals surface area contributed by atoms with Gasteiger partial charge in [-0.3, -0.25) is 9.69 Å². The van der Waals surface area contributed by atoms with Crippen LogP contribution in [-0.4, -0.2) is 43.5 Å². The maximum absolute atomic E-state index is 13.3. The quantitative estimate of drug-likeness (QED) is 0.438. The smallest absolute Gasteiger partial charge is 0.256 e. The number of nitrogens with zero attached hydrogens (tertiary/aromatic N) is 2. The molecule has 0 aliphatic carbocycles. The molecule has 0 aromatic heterocycles. The van der Waals surface area contributed by atoms with Crippen LogP contribution in [0.4, 0.5) is 11.4 Å². The van der Waals surface area contributed by atoms with Crippen molar-refractivity contribution < 1.29 is 4.79 Å². The first-order chi connectivity index (χ1) is 16.4. The van der Waals surface area contributed by atoms with Gasteiger partial charge in [0, 0.05) is 43.1 Å². The summed E-state index contributed by atoms with van der Waals surface area (Å²) in [6, 6.07) is 22.8. The van der Waals surface area contributed by atoms with Gasteiger partial charge in [0.25, 0.3) is 5.91 Å². The molecule has 3 aromatic rings.